The van der Waals surface area contributed by atoms with Crippen molar-refractivity contribution in [3.05, 3.63) is 21.3 Å². The Kier molecular flexibility index (Phi) is 4.73. The molecule has 0 saturated heterocycles. The maximum Gasteiger partial charge on any atom is 0.0931 e. The Morgan fingerprint density at radius 2 is 2.31 bits per heavy atom. The molecule has 2 nitrogen and oxygen atoms in total. The predicted molar refractivity (Wildman–Crippen MR) is 57.3 cm³/mol. The molecule has 0 spiro atoms. The van der Waals surface area contributed by atoms with Crippen molar-refractivity contribution in [2.45, 2.75) is 12.8 Å². The number of aliphatic hydroxyl groups is 1. The zero-order valence-electron chi connectivity index (χ0n) is 7.37. The standard InChI is InChI=1S/C9H14ClNOS/c10-9-4-3-8(13-9)2-1-7(5-11)6-12/h3-4,7,12H,1-2,5-6,11H2. The van der Waals surface area contributed by atoms with Crippen molar-refractivity contribution in [2.75, 3.05) is 13.2 Å². The molecule has 1 rings (SSSR count). The van der Waals surface area contributed by atoms with Crippen molar-refractivity contribution in [1.29, 1.82) is 0 Å². The van der Waals surface area contributed by atoms with E-state index in [1.807, 2.05) is 12.1 Å². The van der Waals surface area contributed by atoms with Crippen LogP contribution in [0.2, 0.25) is 4.34 Å². The molecular formula is C9H14ClNOS. The fourth-order valence-electron chi connectivity index (χ4n) is 1.12. The number of thiophene rings is 1. The Hall–Kier alpha value is -0.0900. The van der Waals surface area contributed by atoms with Crippen molar-refractivity contribution in [2.24, 2.45) is 11.7 Å². The Morgan fingerprint density at radius 1 is 1.54 bits per heavy atom. The number of nitrogens with two attached hydrogens (primary N) is 1. The van der Waals surface area contributed by atoms with Gasteiger partial charge in [0.2, 0.25) is 0 Å². The summed E-state index contributed by atoms with van der Waals surface area (Å²) in [5, 5.41) is 8.91. The normalized spacial score (nSPS) is 13.2. The van der Waals surface area contributed by atoms with Crippen molar-refractivity contribution in [3.8, 4) is 0 Å². The van der Waals surface area contributed by atoms with Gasteiger partial charge in [-0.15, -0.1) is 11.3 Å². The molecule has 1 aromatic rings. The van der Waals surface area contributed by atoms with E-state index in [9.17, 15) is 0 Å². The predicted octanol–water partition coefficient (Wildman–Crippen LogP) is 1.90. The Labute approximate surface area is 87.3 Å². The first kappa shape index (κ1) is 11.0. The number of hydrogen-bond acceptors (Lipinski definition) is 3. The molecule has 0 aliphatic carbocycles. The van der Waals surface area contributed by atoms with Gasteiger partial charge in [0.15, 0.2) is 0 Å². The van der Waals surface area contributed by atoms with E-state index in [0.717, 1.165) is 17.2 Å². The van der Waals surface area contributed by atoms with Crippen LogP contribution in [0.5, 0.6) is 0 Å². The smallest absolute Gasteiger partial charge is 0.0931 e. The van der Waals surface area contributed by atoms with Crippen molar-refractivity contribution in [1.82, 2.24) is 0 Å². The van der Waals surface area contributed by atoms with Gasteiger partial charge in [-0.3, -0.25) is 0 Å². The van der Waals surface area contributed by atoms with Gasteiger partial charge in [0, 0.05) is 11.5 Å². The molecular weight excluding hydrogens is 206 g/mol. The zero-order valence-corrected chi connectivity index (χ0v) is 8.94. The highest BCUT2D eigenvalue weighted by atomic mass is 35.5. The van der Waals surface area contributed by atoms with Gasteiger partial charge < -0.3 is 10.8 Å². The third-order valence-electron chi connectivity index (χ3n) is 2.02. The summed E-state index contributed by atoms with van der Waals surface area (Å²) >= 11 is 7.38. The summed E-state index contributed by atoms with van der Waals surface area (Å²) in [6, 6.07) is 3.93. The third-order valence-corrected chi connectivity index (χ3v) is 3.31. The second kappa shape index (κ2) is 5.60. The van der Waals surface area contributed by atoms with E-state index >= 15 is 0 Å². The van der Waals surface area contributed by atoms with E-state index in [-0.39, 0.29) is 12.5 Å². The van der Waals surface area contributed by atoms with Crippen LogP contribution in [0.1, 0.15) is 11.3 Å². The topological polar surface area (TPSA) is 46.2 Å². The molecule has 0 fully saturated rings. The van der Waals surface area contributed by atoms with Gasteiger partial charge in [0.05, 0.1) is 4.34 Å². The number of halogens is 1. The molecule has 0 radical (unpaired) electrons. The van der Waals surface area contributed by atoms with Crippen LogP contribution >= 0.6 is 22.9 Å². The maximum absolute atomic E-state index is 8.91. The summed E-state index contributed by atoms with van der Waals surface area (Å²) in [5.41, 5.74) is 5.47. The highest BCUT2D eigenvalue weighted by Crippen LogP contribution is 2.23. The molecule has 13 heavy (non-hydrogen) atoms. The van der Waals surface area contributed by atoms with Gasteiger partial charge in [-0.25, -0.2) is 0 Å². The molecule has 74 valence electrons. The molecule has 0 saturated carbocycles. The summed E-state index contributed by atoms with van der Waals surface area (Å²) in [6.07, 6.45) is 1.89. The van der Waals surface area contributed by atoms with E-state index in [1.54, 1.807) is 11.3 Å². The number of aryl methyl sites for hydroxylation is 1. The van der Waals surface area contributed by atoms with Crippen LogP contribution in [-0.2, 0) is 6.42 Å². The Bertz CT molecular complexity index is 248. The third kappa shape index (κ3) is 3.65. The highest BCUT2D eigenvalue weighted by Gasteiger charge is 2.06. The maximum atomic E-state index is 8.91. The minimum Gasteiger partial charge on any atom is -0.396 e. The van der Waals surface area contributed by atoms with Gasteiger partial charge in [0.25, 0.3) is 0 Å². The van der Waals surface area contributed by atoms with E-state index in [4.69, 9.17) is 22.4 Å². The van der Waals surface area contributed by atoms with Crippen molar-refractivity contribution in [3.63, 3.8) is 0 Å². The fourth-order valence-corrected chi connectivity index (χ4v) is 2.22. The molecule has 4 heteroatoms. The minimum atomic E-state index is 0.176. The zero-order chi connectivity index (χ0) is 9.68. The first-order chi connectivity index (χ1) is 6.26. The van der Waals surface area contributed by atoms with E-state index in [2.05, 4.69) is 0 Å². The Morgan fingerprint density at radius 3 is 2.77 bits per heavy atom. The van der Waals surface area contributed by atoms with Gasteiger partial charge in [0.1, 0.15) is 0 Å². The molecule has 0 aliphatic rings. The van der Waals surface area contributed by atoms with Gasteiger partial charge in [-0.05, 0) is 37.4 Å². The van der Waals surface area contributed by atoms with Crippen LogP contribution < -0.4 is 5.73 Å². The molecule has 0 aromatic carbocycles. The van der Waals surface area contributed by atoms with E-state index < -0.39 is 0 Å². The molecule has 1 heterocycles. The summed E-state index contributed by atoms with van der Waals surface area (Å²) in [6.45, 7) is 0.727. The molecule has 3 N–H and O–H groups in total. The number of rotatable bonds is 5. The van der Waals surface area contributed by atoms with E-state index in [0.29, 0.717) is 6.54 Å². The van der Waals surface area contributed by atoms with Crippen LogP contribution in [-0.4, -0.2) is 18.3 Å². The molecule has 0 amide bonds. The first-order valence-corrected chi connectivity index (χ1v) is 5.51. The second-order valence-corrected chi connectivity index (χ2v) is 4.83. The number of aliphatic hydroxyl groups excluding tert-OH is 1. The van der Waals surface area contributed by atoms with Crippen LogP contribution in [0.4, 0.5) is 0 Å². The molecule has 1 atom stereocenters. The average Bonchev–Trinajstić information content (AvgIpc) is 2.53. The number of hydrogen-bond donors (Lipinski definition) is 2. The SMILES string of the molecule is NCC(CO)CCc1ccc(Cl)s1. The average molecular weight is 220 g/mol. The molecule has 1 unspecified atom stereocenters. The van der Waals surface area contributed by atoms with Crippen LogP contribution in [0, 0.1) is 5.92 Å². The molecule has 0 bridgehead atoms. The van der Waals surface area contributed by atoms with Gasteiger partial charge >= 0.3 is 0 Å². The monoisotopic (exact) mass is 219 g/mol. The Balaban J connectivity index is 2.33. The summed E-state index contributed by atoms with van der Waals surface area (Å²) in [7, 11) is 0. The van der Waals surface area contributed by atoms with Crippen molar-refractivity contribution < 1.29 is 5.11 Å². The van der Waals surface area contributed by atoms with Gasteiger partial charge in [-0.1, -0.05) is 11.6 Å². The summed E-state index contributed by atoms with van der Waals surface area (Å²) in [4.78, 5) is 1.26. The molecule has 0 aliphatic heterocycles. The van der Waals surface area contributed by atoms with Crippen molar-refractivity contribution >= 4 is 22.9 Å². The lowest BCUT2D eigenvalue weighted by molar-refractivity contribution is 0.223. The van der Waals surface area contributed by atoms with E-state index in [1.165, 1.54) is 4.88 Å². The molecule has 1 aromatic heterocycles. The van der Waals surface area contributed by atoms with Gasteiger partial charge in [-0.2, -0.15) is 0 Å². The summed E-state index contributed by atoms with van der Waals surface area (Å²) in [5.74, 6) is 0.223. The lowest BCUT2D eigenvalue weighted by Gasteiger charge is -2.09. The quantitative estimate of drug-likeness (QED) is 0.795. The highest BCUT2D eigenvalue weighted by molar-refractivity contribution is 7.16. The van der Waals surface area contributed by atoms with Crippen LogP contribution in [0.25, 0.3) is 0 Å². The largest absolute Gasteiger partial charge is 0.396 e. The summed E-state index contributed by atoms with van der Waals surface area (Å²) < 4.78 is 0.822. The second-order valence-electron chi connectivity index (χ2n) is 3.03. The lowest BCUT2D eigenvalue weighted by Crippen LogP contribution is -2.18. The first-order valence-electron chi connectivity index (χ1n) is 4.31. The van der Waals surface area contributed by atoms with Crippen LogP contribution in [0.3, 0.4) is 0 Å². The minimum absolute atomic E-state index is 0.176. The fraction of sp³-hybridized carbons (Fsp3) is 0.556. The van der Waals surface area contributed by atoms with Crippen LogP contribution in [0.15, 0.2) is 12.1 Å². The lowest BCUT2D eigenvalue weighted by atomic mass is 10.0.